The van der Waals surface area contributed by atoms with E-state index in [2.05, 4.69) is 0 Å². The summed E-state index contributed by atoms with van der Waals surface area (Å²) in [5, 5.41) is 0. The van der Waals surface area contributed by atoms with Crippen molar-refractivity contribution in [3.05, 3.63) is 17.6 Å². The number of nitrogens with zero attached hydrogens (tertiary/aromatic N) is 1. The van der Waals surface area contributed by atoms with Crippen LogP contribution < -0.4 is 0 Å². The van der Waals surface area contributed by atoms with Gasteiger partial charge in [0.05, 0.1) is 11.3 Å². The van der Waals surface area contributed by atoms with Crippen LogP contribution in [0.25, 0.3) is 0 Å². The average Bonchev–Trinajstić information content (AvgIpc) is 2.30. The van der Waals surface area contributed by atoms with E-state index >= 15 is 0 Å². The molecule has 0 bridgehead atoms. The first-order chi connectivity index (χ1) is 5.66. The van der Waals surface area contributed by atoms with Crippen LogP contribution in [-0.4, -0.2) is 17.3 Å². The van der Waals surface area contributed by atoms with Gasteiger partial charge >= 0.3 is 0 Å². The molecule has 1 unspecified atom stereocenters. The molecule has 1 atom stereocenters. The normalized spacial score (nSPS) is 11.0. The molecule has 0 radical (unpaired) electrons. The van der Waals surface area contributed by atoms with E-state index in [1.54, 1.807) is 11.4 Å². The standard InChI is InChI=1S/C8H9NO2S.5ClH.H3P/c1-5-3-7-6(11-5)4-8(10)9(2)12-7;;;;;;/h3H,4H2,1-2H3;5*1H;1H3. The molecule has 2 heterocycles. The number of rotatable bonds is 0. The summed E-state index contributed by atoms with van der Waals surface area (Å²) in [7, 11) is 1.78. The number of carbonyl (C=O) groups is 1. The molecule has 3 nitrogen and oxygen atoms in total. The van der Waals surface area contributed by atoms with Crippen molar-refractivity contribution < 1.29 is 9.21 Å². The number of furan rings is 1. The van der Waals surface area contributed by atoms with Crippen molar-refractivity contribution in [2.24, 2.45) is 0 Å². The lowest BCUT2D eigenvalue weighted by molar-refractivity contribution is -0.125. The molecule has 1 aliphatic heterocycles. The molecular weight excluding hydrogens is 382 g/mol. The topological polar surface area (TPSA) is 33.5 Å². The SMILES string of the molecule is Cc1cc2c(o1)CC(=O)N(C)S2.Cl.Cl.Cl.Cl.Cl.P. The Labute approximate surface area is 145 Å². The zero-order chi connectivity index (χ0) is 8.72. The van der Waals surface area contributed by atoms with Crippen LogP contribution in [0.15, 0.2) is 15.4 Å². The third-order valence-corrected chi connectivity index (χ3v) is 2.81. The highest BCUT2D eigenvalue weighted by Crippen LogP contribution is 2.33. The molecule has 0 fully saturated rings. The van der Waals surface area contributed by atoms with Gasteiger partial charge in [0.1, 0.15) is 11.5 Å². The fraction of sp³-hybridized carbons (Fsp3) is 0.375. The van der Waals surface area contributed by atoms with E-state index in [0.717, 1.165) is 16.4 Å². The van der Waals surface area contributed by atoms with Gasteiger partial charge in [0.2, 0.25) is 5.91 Å². The Kier molecular flexibility index (Phi) is 22.6. The summed E-state index contributed by atoms with van der Waals surface area (Å²) >= 11 is 1.43. The molecule has 1 aromatic heterocycles. The molecular formula is C8H17Cl5NO2PS. The van der Waals surface area contributed by atoms with Gasteiger partial charge in [-0.3, -0.25) is 9.10 Å². The minimum Gasteiger partial charge on any atom is -0.465 e. The van der Waals surface area contributed by atoms with Crippen molar-refractivity contribution >= 4 is 89.8 Å². The Bertz CT molecular complexity index is 352. The predicted octanol–water partition coefficient (Wildman–Crippen LogP) is 3.78. The van der Waals surface area contributed by atoms with E-state index in [0.29, 0.717) is 6.42 Å². The highest BCUT2D eigenvalue weighted by Gasteiger charge is 2.24. The third-order valence-electron chi connectivity index (χ3n) is 1.79. The van der Waals surface area contributed by atoms with Crippen LogP contribution in [0.4, 0.5) is 0 Å². The largest absolute Gasteiger partial charge is 0.465 e. The van der Waals surface area contributed by atoms with Crippen molar-refractivity contribution in [1.29, 1.82) is 0 Å². The van der Waals surface area contributed by atoms with Crippen molar-refractivity contribution in [1.82, 2.24) is 4.31 Å². The summed E-state index contributed by atoms with van der Waals surface area (Å²) in [5.74, 6) is 1.78. The maximum absolute atomic E-state index is 11.2. The van der Waals surface area contributed by atoms with Crippen LogP contribution in [-0.2, 0) is 11.2 Å². The molecule has 10 heteroatoms. The molecule has 18 heavy (non-hydrogen) atoms. The maximum Gasteiger partial charge on any atom is 0.240 e. The van der Waals surface area contributed by atoms with Crippen LogP contribution in [0.2, 0.25) is 0 Å². The molecule has 2 rings (SSSR count). The molecule has 1 aromatic rings. The van der Waals surface area contributed by atoms with E-state index < -0.39 is 0 Å². The smallest absolute Gasteiger partial charge is 0.240 e. The van der Waals surface area contributed by atoms with Crippen LogP contribution in [0.5, 0.6) is 0 Å². The second kappa shape index (κ2) is 13.0. The molecule has 0 saturated heterocycles. The molecule has 112 valence electrons. The third kappa shape index (κ3) is 6.95. The highest BCUT2D eigenvalue weighted by molar-refractivity contribution is 7.97. The van der Waals surface area contributed by atoms with Gasteiger partial charge in [0.25, 0.3) is 0 Å². The summed E-state index contributed by atoms with van der Waals surface area (Å²) in [4.78, 5) is 12.3. The number of hydrogen-bond acceptors (Lipinski definition) is 3. The fourth-order valence-corrected chi connectivity index (χ4v) is 2.08. The van der Waals surface area contributed by atoms with E-state index in [4.69, 9.17) is 4.42 Å². The highest BCUT2D eigenvalue weighted by atomic mass is 35.5. The van der Waals surface area contributed by atoms with Crippen molar-refractivity contribution in [3.63, 3.8) is 0 Å². The molecule has 0 N–H and O–H groups in total. The number of carbonyl (C=O) groups excluding carboxylic acids is 1. The minimum atomic E-state index is 0. The number of aryl methyl sites for hydroxylation is 1. The zero-order valence-corrected chi connectivity index (χ0v) is 16.0. The first-order valence-electron chi connectivity index (χ1n) is 3.70. The monoisotopic (exact) mass is 397 g/mol. The van der Waals surface area contributed by atoms with E-state index in [9.17, 15) is 4.79 Å². The molecule has 0 aliphatic carbocycles. The number of halogens is 5. The van der Waals surface area contributed by atoms with Crippen molar-refractivity contribution in [2.75, 3.05) is 7.05 Å². The lowest BCUT2D eigenvalue weighted by Crippen LogP contribution is -2.24. The van der Waals surface area contributed by atoms with Gasteiger partial charge in [0.15, 0.2) is 0 Å². The van der Waals surface area contributed by atoms with Crippen molar-refractivity contribution in [2.45, 2.75) is 18.2 Å². The van der Waals surface area contributed by atoms with Gasteiger partial charge in [-0.05, 0) is 24.9 Å². The summed E-state index contributed by atoms with van der Waals surface area (Å²) in [6.07, 6.45) is 0.396. The van der Waals surface area contributed by atoms with Crippen LogP contribution in [0, 0.1) is 6.92 Å². The summed E-state index contributed by atoms with van der Waals surface area (Å²) in [5.41, 5.74) is 0. The van der Waals surface area contributed by atoms with Gasteiger partial charge in [-0.1, -0.05) is 0 Å². The molecule has 0 saturated carbocycles. The van der Waals surface area contributed by atoms with Crippen molar-refractivity contribution in [3.8, 4) is 0 Å². The Morgan fingerprint density at radius 1 is 1.22 bits per heavy atom. The summed E-state index contributed by atoms with van der Waals surface area (Å²) < 4.78 is 6.99. The van der Waals surface area contributed by atoms with Crippen LogP contribution >= 0.6 is 83.9 Å². The van der Waals surface area contributed by atoms with E-state index in [-0.39, 0.29) is 77.8 Å². The van der Waals surface area contributed by atoms with Gasteiger partial charge in [-0.2, -0.15) is 9.90 Å². The molecule has 1 aliphatic rings. The predicted molar refractivity (Wildman–Crippen MR) is 93.1 cm³/mol. The Morgan fingerprint density at radius 3 is 2.22 bits per heavy atom. The van der Waals surface area contributed by atoms with Gasteiger partial charge in [0, 0.05) is 7.05 Å². The molecule has 1 amide bonds. The summed E-state index contributed by atoms with van der Waals surface area (Å²) in [6, 6.07) is 1.96. The van der Waals surface area contributed by atoms with E-state index in [1.807, 2.05) is 13.0 Å². The van der Waals surface area contributed by atoms with Crippen LogP contribution in [0.1, 0.15) is 11.5 Å². The second-order valence-electron chi connectivity index (χ2n) is 2.80. The Morgan fingerprint density at radius 2 is 1.72 bits per heavy atom. The van der Waals surface area contributed by atoms with Gasteiger partial charge < -0.3 is 4.42 Å². The number of hydrogen-bond donors (Lipinski definition) is 0. The molecule has 0 aromatic carbocycles. The Balaban J connectivity index is -0.0000000939. The number of fused-ring (bicyclic) bond motifs is 1. The lowest BCUT2D eigenvalue weighted by Gasteiger charge is -2.19. The van der Waals surface area contributed by atoms with Gasteiger partial charge in [-0.25, -0.2) is 0 Å². The quantitative estimate of drug-likeness (QED) is 0.492. The fourth-order valence-electron chi connectivity index (χ4n) is 1.19. The minimum absolute atomic E-state index is 0. The average molecular weight is 400 g/mol. The zero-order valence-electron chi connectivity index (χ0n) is 9.70. The first-order valence-corrected chi connectivity index (χ1v) is 4.48. The summed E-state index contributed by atoms with van der Waals surface area (Å²) in [6.45, 7) is 1.89. The maximum atomic E-state index is 11.2. The second-order valence-corrected chi connectivity index (χ2v) is 3.97. The molecule has 0 spiro atoms. The van der Waals surface area contributed by atoms with Gasteiger partial charge in [-0.15, -0.1) is 62.0 Å². The number of amides is 1. The number of likely N-dealkylation sites (N-methyl/N-ethyl adjacent to an activating group) is 1. The lowest BCUT2D eigenvalue weighted by atomic mass is 10.3. The first kappa shape index (κ1) is 31.4. The van der Waals surface area contributed by atoms with Crippen LogP contribution in [0.3, 0.4) is 0 Å². The Hall–Kier alpha value is 0.980. The van der Waals surface area contributed by atoms with E-state index in [1.165, 1.54) is 11.9 Å².